The molecule has 1 N–H and O–H groups in total. The highest BCUT2D eigenvalue weighted by Gasteiger charge is 2.33. The zero-order chi connectivity index (χ0) is 34.8. The molecule has 0 bridgehead atoms. The van der Waals surface area contributed by atoms with Crippen molar-refractivity contribution in [2.75, 3.05) is 19.5 Å². The fourth-order valence-electron chi connectivity index (χ4n) is 6.24. The van der Waals surface area contributed by atoms with Crippen molar-refractivity contribution in [3.05, 3.63) is 162 Å². The first kappa shape index (κ1) is 32.6. The lowest BCUT2D eigenvalue weighted by molar-refractivity contribution is -0.113. The Balaban J connectivity index is 1.23. The number of carbonyl (C=O) groups excluding carboxylic acids is 1. The molecule has 9 heteroatoms. The normalized spacial score (nSPS) is 14.2. The largest absolute Gasteiger partial charge is 0.493 e. The maximum atomic E-state index is 14.2. The lowest BCUT2D eigenvalue weighted by Crippen LogP contribution is -2.40. The van der Waals surface area contributed by atoms with E-state index in [1.54, 1.807) is 37.8 Å². The van der Waals surface area contributed by atoms with E-state index < -0.39 is 6.04 Å². The quantitative estimate of drug-likeness (QED) is 0.179. The van der Waals surface area contributed by atoms with Crippen molar-refractivity contribution in [3.63, 3.8) is 0 Å². The molecule has 0 radical (unpaired) electrons. The van der Waals surface area contributed by atoms with Gasteiger partial charge in [0.25, 0.3) is 11.5 Å². The summed E-state index contributed by atoms with van der Waals surface area (Å²) in [5, 5.41) is 5.39. The Morgan fingerprint density at radius 3 is 2.40 bits per heavy atom. The highest BCUT2D eigenvalue weighted by atomic mass is 32.1. The number of methoxy groups -OCH3 is 2. The number of ether oxygens (including phenoxy) is 3. The molecule has 2 heterocycles. The van der Waals surface area contributed by atoms with Crippen molar-refractivity contribution in [1.29, 1.82) is 0 Å². The van der Waals surface area contributed by atoms with Crippen LogP contribution in [0.25, 0.3) is 16.8 Å². The number of amides is 1. The number of fused-ring (bicyclic) bond motifs is 2. The summed E-state index contributed by atoms with van der Waals surface area (Å²) in [6, 6.07) is 34.4. The van der Waals surface area contributed by atoms with Gasteiger partial charge < -0.3 is 19.5 Å². The van der Waals surface area contributed by atoms with Gasteiger partial charge in [0.1, 0.15) is 12.4 Å². The van der Waals surface area contributed by atoms with E-state index in [0.29, 0.717) is 50.0 Å². The van der Waals surface area contributed by atoms with Crippen molar-refractivity contribution in [2.45, 2.75) is 26.5 Å². The molecule has 250 valence electrons. The van der Waals surface area contributed by atoms with E-state index in [2.05, 4.69) is 29.6 Å². The molecule has 0 unspecified atom stereocenters. The summed E-state index contributed by atoms with van der Waals surface area (Å²) >= 11 is 1.28. The van der Waals surface area contributed by atoms with E-state index in [-0.39, 0.29) is 11.5 Å². The molecular weight excluding hydrogens is 647 g/mol. The van der Waals surface area contributed by atoms with E-state index in [9.17, 15) is 9.59 Å². The van der Waals surface area contributed by atoms with Crippen LogP contribution in [0, 0.1) is 6.92 Å². The number of allylic oxidation sites excluding steroid dienone is 1. The van der Waals surface area contributed by atoms with Crippen LogP contribution in [0.3, 0.4) is 0 Å². The van der Waals surface area contributed by atoms with Crippen LogP contribution in [0.1, 0.15) is 35.2 Å². The van der Waals surface area contributed by atoms with E-state index in [1.165, 1.54) is 22.1 Å². The van der Waals surface area contributed by atoms with Gasteiger partial charge in [0.05, 0.1) is 36.1 Å². The molecule has 1 aliphatic rings. The molecule has 5 aromatic carbocycles. The van der Waals surface area contributed by atoms with Crippen molar-refractivity contribution < 1.29 is 19.0 Å². The number of nitrogens with one attached hydrogen (secondary N) is 1. The average molecular weight is 682 g/mol. The van der Waals surface area contributed by atoms with Gasteiger partial charge >= 0.3 is 0 Å². The van der Waals surface area contributed by atoms with Gasteiger partial charge in [-0.2, -0.15) is 0 Å². The number of benzene rings is 5. The van der Waals surface area contributed by atoms with Gasteiger partial charge in [-0.3, -0.25) is 14.2 Å². The number of carbonyl (C=O) groups is 1. The summed E-state index contributed by atoms with van der Waals surface area (Å²) in [6.07, 6.45) is 1.84. The molecule has 1 atom stereocenters. The minimum absolute atomic E-state index is 0.251. The van der Waals surface area contributed by atoms with Crippen LogP contribution in [0.5, 0.6) is 17.2 Å². The van der Waals surface area contributed by atoms with Crippen molar-refractivity contribution in [2.24, 2.45) is 4.99 Å². The van der Waals surface area contributed by atoms with Crippen LogP contribution in [-0.4, -0.2) is 24.7 Å². The van der Waals surface area contributed by atoms with Gasteiger partial charge in [0.2, 0.25) is 0 Å². The average Bonchev–Trinajstić information content (AvgIpc) is 3.44. The number of hydrogen-bond donors (Lipinski definition) is 1. The molecule has 1 aromatic heterocycles. The minimum atomic E-state index is -0.762. The number of anilines is 1. The van der Waals surface area contributed by atoms with Crippen LogP contribution in [0.4, 0.5) is 5.69 Å². The number of para-hydroxylation sites is 1. The summed E-state index contributed by atoms with van der Waals surface area (Å²) in [5.41, 5.74) is 4.88. The molecule has 0 fully saturated rings. The molecule has 8 nitrogen and oxygen atoms in total. The minimum Gasteiger partial charge on any atom is -0.493 e. The summed E-state index contributed by atoms with van der Waals surface area (Å²) in [7, 11) is 3.12. The number of aromatic nitrogens is 1. The van der Waals surface area contributed by atoms with E-state index in [0.717, 1.165) is 22.4 Å². The molecule has 0 aliphatic carbocycles. The van der Waals surface area contributed by atoms with Gasteiger partial charge in [0.15, 0.2) is 16.3 Å². The van der Waals surface area contributed by atoms with Crippen molar-refractivity contribution in [3.8, 4) is 17.2 Å². The van der Waals surface area contributed by atoms with Gasteiger partial charge in [-0.05, 0) is 83.3 Å². The molecule has 1 aliphatic heterocycles. The highest BCUT2D eigenvalue weighted by Crippen LogP contribution is 2.36. The highest BCUT2D eigenvalue weighted by molar-refractivity contribution is 7.07. The predicted octanol–water partition coefficient (Wildman–Crippen LogP) is 6.93. The van der Waals surface area contributed by atoms with Crippen molar-refractivity contribution >= 4 is 39.8 Å². The third-order valence-electron chi connectivity index (χ3n) is 8.84. The lowest BCUT2D eigenvalue weighted by Gasteiger charge is -2.26. The first-order valence-electron chi connectivity index (χ1n) is 16.2. The first-order valence-corrected chi connectivity index (χ1v) is 17.0. The molecule has 1 amide bonds. The zero-order valence-electron chi connectivity index (χ0n) is 28.1. The second-order valence-electron chi connectivity index (χ2n) is 12.0. The van der Waals surface area contributed by atoms with Gasteiger partial charge in [-0.15, -0.1) is 0 Å². The van der Waals surface area contributed by atoms with Gasteiger partial charge in [0, 0.05) is 5.69 Å². The fourth-order valence-corrected chi connectivity index (χ4v) is 7.29. The Hall–Kier alpha value is -5.93. The van der Waals surface area contributed by atoms with Crippen LogP contribution in [-0.2, 0) is 11.4 Å². The number of nitrogens with zero attached hydrogens (tertiary/aromatic N) is 2. The van der Waals surface area contributed by atoms with Crippen LogP contribution in [0.15, 0.2) is 130 Å². The van der Waals surface area contributed by atoms with Gasteiger partial charge in [-0.25, -0.2) is 4.99 Å². The summed E-state index contributed by atoms with van der Waals surface area (Å²) in [4.78, 5) is 33.6. The van der Waals surface area contributed by atoms with E-state index in [4.69, 9.17) is 19.2 Å². The SMILES string of the molecule is COc1ccc([C@@H]2C(C(=O)Nc3ccccc3C)=C(C)N=c3s/c(=C/c4ccc(OCc5cccc6ccccc56)cc4)c(=O)n32)cc1OC. The fraction of sp³-hybridized carbons (Fsp3) is 0.146. The summed E-state index contributed by atoms with van der Waals surface area (Å²) in [6.45, 7) is 4.17. The first-order chi connectivity index (χ1) is 24.3. The van der Waals surface area contributed by atoms with Crippen LogP contribution >= 0.6 is 11.3 Å². The Morgan fingerprint density at radius 2 is 1.62 bits per heavy atom. The molecule has 7 rings (SSSR count). The molecule has 6 aromatic rings. The molecule has 0 saturated heterocycles. The monoisotopic (exact) mass is 681 g/mol. The maximum absolute atomic E-state index is 14.2. The Kier molecular flexibility index (Phi) is 9.06. The Labute approximate surface area is 293 Å². The predicted molar refractivity (Wildman–Crippen MR) is 198 cm³/mol. The third-order valence-corrected chi connectivity index (χ3v) is 9.82. The lowest BCUT2D eigenvalue weighted by atomic mass is 9.94. The summed E-state index contributed by atoms with van der Waals surface area (Å²) in [5.74, 6) is 1.42. The number of thiazole rings is 1. The molecular formula is C41H35N3O5S. The van der Waals surface area contributed by atoms with Gasteiger partial charge in [-0.1, -0.05) is 90.2 Å². The Bertz CT molecular complexity index is 2460. The van der Waals surface area contributed by atoms with E-state index >= 15 is 0 Å². The maximum Gasteiger partial charge on any atom is 0.271 e. The number of hydrogen-bond acceptors (Lipinski definition) is 7. The Morgan fingerprint density at radius 1 is 0.880 bits per heavy atom. The molecule has 0 saturated carbocycles. The van der Waals surface area contributed by atoms with Crippen molar-refractivity contribution in [1.82, 2.24) is 4.57 Å². The second kappa shape index (κ2) is 13.9. The van der Waals surface area contributed by atoms with Crippen LogP contribution in [0.2, 0.25) is 0 Å². The van der Waals surface area contributed by atoms with E-state index in [1.807, 2.05) is 85.8 Å². The van der Waals surface area contributed by atoms with Crippen LogP contribution < -0.4 is 34.4 Å². The zero-order valence-corrected chi connectivity index (χ0v) is 28.9. The number of rotatable bonds is 9. The smallest absolute Gasteiger partial charge is 0.271 e. The number of aryl methyl sites for hydroxylation is 1. The third kappa shape index (κ3) is 6.31. The second-order valence-corrected chi connectivity index (χ2v) is 13.0. The molecule has 0 spiro atoms. The topological polar surface area (TPSA) is 91.2 Å². The standard InChI is InChI=1S/C41H35N3O5S/c1-25-10-5-8-15-33(25)43-39(45)37-26(2)42-41-44(38(37)29-18-21-34(47-3)35(23-29)48-4)40(46)36(50-41)22-27-16-19-31(20-17-27)49-24-30-13-9-12-28-11-6-7-14-32(28)30/h5-23,38H,24H2,1-4H3,(H,43,45)/b36-22+/t38-/m1/s1. The molecule has 50 heavy (non-hydrogen) atoms. The summed E-state index contributed by atoms with van der Waals surface area (Å²) < 4.78 is 19.3.